The van der Waals surface area contributed by atoms with E-state index in [4.69, 9.17) is 27.9 Å². The summed E-state index contributed by atoms with van der Waals surface area (Å²) in [5.74, 6) is 0.660. The molecule has 6 heteroatoms. The molecule has 0 spiro atoms. The van der Waals surface area contributed by atoms with Gasteiger partial charge in [-0.3, -0.25) is 0 Å². The first-order valence-corrected chi connectivity index (χ1v) is 7.23. The lowest BCUT2D eigenvalue weighted by molar-refractivity contribution is 0.408. The van der Waals surface area contributed by atoms with Crippen molar-refractivity contribution in [2.24, 2.45) is 0 Å². The van der Waals surface area contributed by atoms with Crippen molar-refractivity contribution in [3.8, 4) is 28.4 Å². The van der Waals surface area contributed by atoms with Crippen molar-refractivity contribution in [2.45, 2.75) is 0 Å². The lowest BCUT2D eigenvalue weighted by Gasteiger charge is -2.12. The number of nitrogens with zero attached hydrogens (tertiary/aromatic N) is 2. The average molecular weight is 335 g/mol. The van der Waals surface area contributed by atoms with Crippen molar-refractivity contribution >= 4 is 23.2 Å². The maximum Gasteiger partial charge on any atom is 0.128 e. The number of phenolic OH excluding ortho intramolecular Hbond substituents is 1. The zero-order valence-corrected chi connectivity index (χ0v) is 13.1. The van der Waals surface area contributed by atoms with Crippen LogP contribution in [-0.2, 0) is 0 Å². The van der Waals surface area contributed by atoms with Gasteiger partial charge in [0.05, 0.1) is 29.0 Å². The third kappa shape index (κ3) is 2.51. The molecule has 0 amide bonds. The van der Waals surface area contributed by atoms with Crippen molar-refractivity contribution in [1.82, 2.24) is 9.78 Å². The molecule has 0 aliphatic heterocycles. The number of hydrogen-bond acceptors (Lipinski definition) is 3. The highest BCUT2D eigenvalue weighted by molar-refractivity contribution is 6.37. The van der Waals surface area contributed by atoms with Gasteiger partial charge in [-0.15, -0.1) is 0 Å². The van der Waals surface area contributed by atoms with Crippen LogP contribution in [-0.4, -0.2) is 22.0 Å². The molecule has 0 saturated heterocycles. The van der Waals surface area contributed by atoms with Gasteiger partial charge in [-0.1, -0.05) is 29.3 Å². The number of halogens is 2. The lowest BCUT2D eigenvalue weighted by atomic mass is 10.1. The standard InChI is InChI=1S/C16H12Cl2N2O2/c1-22-10-5-6-11(15(21)9-10)14-7-8-19-20(14)16-12(17)3-2-4-13(16)18/h2-9,21H,1H3. The zero-order valence-electron chi connectivity index (χ0n) is 11.6. The fourth-order valence-electron chi connectivity index (χ4n) is 2.23. The molecule has 0 unspecified atom stereocenters. The van der Waals surface area contributed by atoms with Crippen LogP contribution in [0.25, 0.3) is 16.9 Å². The molecule has 0 atom stereocenters. The molecule has 1 N–H and O–H groups in total. The molecule has 0 radical (unpaired) electrons. The van der Waals surface area contributed by atoms with Crippen LogP contribution >= 0.6 is 23.2 Å². The van der Waals surface area contributed by atoms with Crippen molar-refractivity contribution < 1.29 is 9.84 Å². The Kier molecular flexibility index (Phi) is 3.96. The molecule has 0 aliphatic rings. The molecule has 4 nitrogen and oxygen atoms in total. The van der Waals surface area contributed by atoms with Crippen LogP contribution in [0.1, 0.15) is 0 Å². The van der Waals surface area contributed by atoms with Gasteiger partial charge in [0.2, 0.25) is 0 Å². The first-order chi connectivity index (χ1) is 10.6. The molecule has 1 aromatic heterocycles. The summed E-state index contributed by atoms with van der Waals surface area (Å²) in [6.07, 6.45) is 1.62. The minimum atomic E-state index is 0.0873. The van der Waals surface area contributed by atoms with E-state index in [0.717, 1.165) is 0 Å². The minimum absolute atomic E-state index is 0.0873. The highest BCUT2D eigenvalue weighted by atomic mass is 35.5. The number of hydrogen-bond donors (Lipinski definition) is 1. The van der Waals surface area contributed by atoms with Gasteiger partial charge in [-0.25, -0.2) is 4.68 Å². The van der Waals surface area contributed by atoms with E-state index in [9.17, 15) is 5.11 Å². The number of ether oxygens (including phenoxy) is 1. The van der Waals surface area contributed by atoms with Gasteiger partial charge in [-0.05, 0) is 30.3 Å². The van der Waals surface area contributed by atoms with Crippen molar-refractivity contribution in [2.75, 3.05) is 7.11 Å². The van der Waals surface area contributed by atoms with Crippen LogP contribution in [0.2, 0.25) is 10.0 Å². The van der Waals surface area contributed by atoms with Crippen molar-refractivity contribution in [1.29, 1.82) is 0 Å². The number of rotatable bonds is 3. The van der Waals surface area contributed by atoms with Crippen LogP contribution < -0.4 is 4.74 Å². The fourth-order valence-corrected chi connectivity index (χ4v) is 2.79. The third-order valence-corrected chi connectivity index (χ3v) is 3.88. The van der Waals surface area contributed by atoms with E-state index < -0.39 is 0 Å². The molecule has 3 aromatic rings. The largest absolute Gasteiger partial charge is 0.507 e. The Hall–Kier alpha value is -2.17. The zero-order chi connectivity index (χ0) is 15.7. The molecule has 112 valence electrons. The van der Waals surface area contributed by atoms with E-state index in [2.05, 4.69) is 5.10 Å². The van der Waals surface area contributed by atoms with Gasteiger partial charge in [0.1, 0.15) is 17.2 Å². The van der Waals surface area contributed by atoms with Crippen LogP contribution in [0, 0.1) is 0 Å². The van der Waals surface area contributed by atoms with Crippen LogP contribution in [0.5, 0.6) is 11.5 Å². The first kappa shape index (κ1) is 14.8. The molecule has 1 heterocycles. The van der Waals surface area contributed by atoms with Gasteiger partial charge in [0, 0.05) is 11.6 Å². The molecule has 0 fully saturated rings. The van der Waals surface area contributed by atoms with E-state index in [1.165, 1.54) is 0 Å². The number of para-hydroxylation sites is 1. The maximum atomic E-state index is 10.2. The van der Waals surface area contributed by atoms with Gasteiger partial charge >= 0.3 is 0 Å². The molecule has 22 heavy (non-hydrogen) atoms. The highest BCUT2D eigenvalue weighted by Crippen LogP contribution is 2.36. The van der Waals surface area contributed by atoms with Crippen LogP contribution in [0.15, 0.2) is 48.7 Å². The predicted octanol–water partition coefficient (Wildman–Crippen LogP) is 4.56. The van der Waals surface area contributed by atoms with Gasteiger partial charge < -0.3 is 9.84 Å². The number of methoxy groups -OCH3 is 1. The third-order valence-electron chi connectivity index (χ3n) is 3.27. The monoisotopic (exact) mass is 334 g/mol. The highest BCUT2D eigenvalue weighted by Gasteiger charge is 2.16. The fraction of sp³-hybridized carbons (Fsp3) is 0.0625. The second-order valence-corrected chi connectivity index (χ2v) is 5.40. The predicted molar refractivity (Wildman–Crippen MR) is 87.2 cm³/mol. The summed E-state index contributed by atoms with van der Waals surface area (Å²) in [7, 11) is 1.54. The van der Waals surface area contributed by atoms with Crippen molar-refractivity contribution in [3.05, 3.63) is 58.7 Å². The van der Waals surface area contributed by atoms with E-state index in [1.807, 2.05) is 0 Å². The number of aromatic hydroxyl groups is 1. The molecule has 2 aromatic carbocycles. The normalized spacial score (nSPS) is 10.7. The van der Waals surface area contributed by atoms with Gasteiger partial charge in [0.15, 0.2) is 0 Å². The van der Waals surface area contributed by atoms with Crippen molar-refractivity contribution in [3.63, 3.8) is 0 Å². The van der Waals surface area contributed by atoms with Gasteiger partial charge in [-0.2, -0.15) is 5.10 Å². The second-order valence-electron chi connectivity index (χ2n) is 4.58. The Morgan fingerprint density at radius 3 is 2.45 bits per heavy atom. The molecule has 0 saturated carbocycles. The summed E-state index contributed by atoms with van der Waals surface area (Å²) in [6.45, 7) is 0. The average Bonchev–Trinajstić information content (AvgIpc) is 2.96. The number of aromatic nitrogens is 2. The molecular formula is C16H12Cl2N2O2. The van der Waals surface area contributed by atoms with Crippen LogP contribution in [0.4, 0.5) is 0 Å². The second kappa shape index (κ2) is 5.91. The SMILES string of the molecule is COc1ccc(-c2ccnn2-c2c(Cl)cccc2Cl)c(O)c1. The maximum absolute atomic E-state index is 10.2. The van der Waals surface area contributed by atoms with E-state index in [-0.39, 0.29) is 5.75 Å². The number of benzene rings is 2. The Morgan fingerprint density at radius 1 is 1.09 bits per heavy atom. The van der Waals surface area contributed by atoms with E-state index in [0.29, 0.717) is 32.7 Å². The molecule has 3 rings (SSSR count). The summed E-state index contributed by atoms with van der Waals surface area (Å²) in [4.78, 5) is 0. The first-order valence-electron chi connectivity index (χ1n) is 6.47. The van der Waals surface area contributed by atoms with Gasteiger partial charge in [0.25, 0.3) is 0 Å². The molecule has 0 aliphatic carbocycles. The summed E-state index contributed by atoms with van der Waals surface area (Å²) < 4.78 is 6.70. The quantitative estimate of drug-likeness (QED) is 0.763. The smallest absolute Gasteiger partial charge is 0.128 e. The summed E-state index contributed by atoms with van der Waals surface area (Å²) in [6, 6.07) is 12.1. The summed E-state index contributed by atoms with van der Waals surface area (Å²) in [5, 5.41) is 15.4. The van der Waals surface area contributed by atoms with E-state index >= 15 is 0 Å². The van der Waals surface area contributed by atoms with E-state index in [1.54, 1.807) is 60.5 Å². The minimum Gasteiger partial charge on any atom is -0.507 e. The Labute approximate surface area is 137 Å². The Morgan fingerprint density at radius 2 is 1.82 bits per heavy atom. The Bertz CT molecular complexity index is 811. The van der Waals surface area contributed by atoms with Crippen LogP contribution in [0.3, 0.4) is 0 Å². The molecule has 0 bridgehead atoms. The molecular weight excluding hydrogens is 323 g/mol. The lowest BCUT2D eigenvalue weighted by Crippen LogP contribution is -2.01. The number of phenols is 1. The Balaban J connectivity index is 2.18. The topological polar surface area (TPSA) is 47.3 Å². The summed E-state index contributed by atoms with van der Waals surface area (Å²) in [5.41, 5.74) is 1.85. The summed E-state index contributed by atoms with van der Waals surface area (Å²) >= 11 is 12.5.